The molecule has 3 nitrogen and oxygen atoms in total. The van der Waals surface area contributed by atoms with E-state index in [1.165, 1.54) is 5.56 Å². The monoisotopic (exact) mass is 250 g/mol. The number of aryl methyl sites for hydroxylation is 1. The van der Waals surface area contributed by atoms with Crippen molar-refractivity contribution in [2.24, 2.45) is 0 Å². The van der Waals surface area contributed by atoms with E-state index in [9.17, 15) is 0 Å². The van der Waals surface area contributed by atoms with E-state index in [0.717, 1.165) is 31.7 Å². The van der Waals surface area contributed by atoms with E-state index in [0.29, 0.717) is 11.2 Å². The van der Waals surface area contributed by atoms with Gasteiger partial charge >= 0.3 is 0 Å². The molecule has 1 aromatic rings. The molecule has 17 heavy (non-hydrogen) atoms. The molecule has 2 N–H and O–H groups in total. The molecule has 92 valence electrons. The maximum atomic E-state index is 5.52. The molecule has 1 aromatic carbocycles. The molecule has 1 aliphatic heterocycles. The topological polar surface area (TPSA) is 33.3 Å². The molecular weight excluding hydrogens is 232 g/mol. The predicted octanol–water partition coefficient (Wildman–Crippen LogP) is 2.46. The van der Waals surface area contributed by atoms with Crippen molar-refractivity contribution in [3.05, 3.63) is 29.8 Å². The molecular formula is C13H18N2OS. The average Bonchev–Trinajstić information content (AvgIpc) is 2.83. The van der Waals surface area contributed by atoms with Crippen LogP contribution in [0.1, 0.15) is 18.4 Å². The van der Waals surface area contributed by atoms with Crippen LogP contribution in [0, 0.1) is 6.92 Å². The number of ether oxygens (including phenoxy) is 1. The molecule has 2 rings (SSSR count). The second-order valence-electron chi connectivity index (χ2n) is 4.34. The van der Waals surface area contributed by atoms with Crippen molar-refractivity contribution in [1.82, 2.24) is 5.32 Å². The SMILES string of the molecule is Cc1ccc(NC(=S)NC[C@@H]2CCCO2)cc1. The third-order valence-corrected chi connectivity index (χ3v) is 3.07. The van der Waals surface area contributed by atoms with Crippen molar-refractivity contribution in [2.75, 3.05) is 18.5 Å². The molecule has 4 heteroatoms. The van der Waals surface area contributed by atoms with Crippen molar-refractivity contribution in [1.29, 1.82) is 0 Å². The zero-order valence-electron chi connectivity index (χ0n) is 10.0. The molecule has 0 amide bonds. The van der Waals surface area contributed by atoms with Crippen molar-refractivity contribution < 1.29 is 4.74 Å². The van der Waals surface area contributed by atoms with Crippen LogP contribution in [0.2, 0.25) is 0 Å². The number of rotatable bonds is 3. The summed E-state index contributed by atoms with van der Waals surface area (Å²) < 4.78 is 5.52. The molecule has 0 bridgehead atoms. The summed E-state index contributed by atoms with van der Waals surface area (Å²) in [7, 11) is 0. The van der Waals surface area contributed by atoms with E-state index in [1.807, 2.05) is 12.1 Å². The lowest BCUT2D eigenvalue weighted by Gasteiger charge is -2.14. The molecule has 1 atom stereocenters. The highest BCUT2D eigenvalue weighted by Crippen LogP contribution is 2.11. The molecule has 0 unspecified atom stereocenters. The standard InChI is InChI=1S/C13H18N2OS/c1-10-4-6-11(7-5-10)15-13(17)14-9-12-3-2-8-16-12/h4-7,12H,2-3,8-9H2,1H3,(H2,14,15,17)/t12-/m0/s1. The first-order valence-corrected chi connectivity index (χ1v) is 6.38. The van der Waals surface area contributed by atoms with Crippen LogP contribution in [-0.4, -0.2) is 24.4 Å². The highest BCUT2D eigenvalue weighted by molar-refractivity contribution is 7.80. The van der Waals surface area contributed by atoms with Gasteiger partial charge in [0.2, 0.25) is 0 Å². The molecule has 0 saturated carbocycles. The minimum atomic E-state index is 0.313. The third-order valence-electron chi connectivity index (χ3n) is 2.82. The second-order valence-corrected chi connectivity index (χ2v) is 4.74. The van der Waals surface area contributed by atoms with Crippen molar-refractivity contribution in [2.45, 2.75) is 25.9 Å². The Morgan fingerprint density at radius 1 is 1.41 bits per heavy atom. The normalized spacial score (nSPS) is 19.0. The molecule has 0 radical (unpaired) electrons. The van der Waals surface area contributed by atoms with E-state index >= 15 is 0 Å². The number of thiocarbonyl (C=S) groups is 1. The predicted molar refractivity (Wildman–Crippen MR) is 74.4 cm³/mol. The largest absolute Gasteiger partial charge is 0.376 e. The van der Waals surface area contributed by atoms with Crippen LogP contribution in [0.5, 0.6) is 0 Å². The molecule has 1 aliphatic rings. The maximum Gasteiger partial charge on any atom is 0.170 e. The summed E-state index contributed by atoms with van der Waals surface area (Å²) in [4.78, 5) is 0. The summed E-state index contributed by atoms with van der Waals surface area (Å²) in [5.41, 5.74) is 2.26. The van der Waals surface area contributed by atoms with Gasteiger partial charge in [-0.1, -0.05) is 17.7 Å². The van der Waals surface area contributed by atoms with Crippen LogP contribution in [0.25, 0.3) is 0 Å². The Hall–Kier alpha value is -1.13. The van der Waals surface area contributed by atoms with Crippen LogP contribution in [0.3, 0.4) is 0 Å². The summed E-state index contributed by atoms with van der Waals surface area (Å²) in [5.74, 6) is 0. The van der Waals surface area contributed by atoms with E-state index in [2.05, 4.69) is 29.7 Å². The molecule has 0 aliphatic carbocycles. The van der Waals surface area contributed by atoms with Crippen molar-refractivity contribution in [3.8, 4) is 0 Å². The fourth-order valence-electron chi connectivity index (χ4n) is 1.82. The first-order chi connectivity index (χ1) is 8.24. The van der Waals surface area contributed by atoms with E-state index in [1.54, 1.807) is 0 Å². The second kappa shape index (κ2) is 5.98. The summed E-state index contributed by atoms with van der Waals surface area (Å²) in [5, 5.41) is 7.00. The molecule has 0 aromatic heterocycles. The Morgan fingerprint density at radius 3 is 2.82 bits per heavy atom. The summed E-state index contributed by atoms with van der Waals surface area (Å²) in [6, 6.07) is 8.17. The Balaban J connectivity index is 1.74. The first-order valence-electron chi connectivity index (χ1n) is 5.97. The quantitative estimate of drug-likeness (QED) is 0.807. The highest BCUT2D eigenvalue weighted by Gasteiger charge is 2.15. The number of hydrogen-bond acceptors (Lipinski definition) is 2. The van der Waals surface area contributed by atoms with Crippen molar-refractivity contribution >= 4 is 23.0 Å². The van der Waals surface area contributed by atoms with Gasteiger partial charge in [-0.25, -0.2) is 0 Å². The number of anilines is 1. The Kier molecular flexibility index (Phi) is 4.34. The zero-order valence-corrected chi connectivity index (χ0v) is 10.8. The molecule has 1 fully saturated rings. The van der Waals surface area contributed by atoms with E-state index < -0.39 is 0 Å². The molecule has 1 heterocycles. The Labute approximate surface area is 108 Å². The number of hydrogen-bond donors (Lipinski definition) is 2. The Bertz CT molecular complexity index is 372. The summed E-state index contributed by atoms with van der Waals surface area (Å²) in [6.45, 7) is 3.74. The van der Waals surface area contributed by atoms with E-state index in [4.69, 9.17) is 17.0 Å². The van der Waals surface area contributed by atoms with Crippen LogP contribution in [0.15, 0.2) is 24.3 Å². The van der Waals surface area contributed by atoms with Gasteiger partial charge in [0.15, 0.2) is 5.11 Å². The lowest BCUT2D eigenvalue weighted by Crippen LogP contribution is -2.34. The van der Waals surface area contributed by atoms with Crippen LogP contribution < -0.4 is 10.6 Å². The van der Waals surface area contributed by atoms with Gasteiger partial charge in [-0.3, -0.25) is 0 Å². The minimum Gasteiger partial charge on any atom is -0.376 e. The minimum absolute atomic E-state index is 0.313. The summed E-state index contributed by atoms with van der Waals surface area (Å²) >= 11 is 5.23. The van der Waals surface area contributed by atoms with Gasteiger partial charge in [-0.05, 0) is 44.1 Å². The zero-order chi connectivity index (χ0) is 12.1. The fraction of sp³-hybridized carbons (Fsp3) is 0.462. The molecule has 1 saturated heterocycles. The van der Waals surface area contributed by atoms with Crippen LogP contribution in [0.4, 0.5) is 5.69 Å². The first kappa shape index (κ1) is 12.3. The third kappa shape index (κ3) is 3.98. The number of benzene rings is 1. The highest BCUT2D eigenvalue weighted by atomic mass is 32.1. The van der Waals surface area contributed by atoms with Gasteiger partial charge in [0.1, 0.15) is 0 Å². The smallest absolute Gasteiger partial charge is 0.170 e. The van der Waals surface area contributed by atoms with Gasteiger partial charge in [-0.2, -0.15) is 0 Å². The van der Waals surface area contributed by atoms with Gasteiger partial charge in [0.05, 0.1) is 6.10 Å². The van der Waals surface area contributed by atoms with E-state index in [-0.39, 0.29) is 0 Å². The Morgan fingerprint density at radius 2 is 2.18 bits per heavy atom. The van der Waals surface area contributed by atoms with Crippen LogP contribution >= 0.6 is 12.2 Å². The average molecular weight is 250 g/mol. The van der Waals surface area contributed by atoms with Gasteiger partial charge < -0.3 is 15.4 Å². The number of nitrogens with one attached hydrogen (secondary N) is 2. The molecule has 0 spiro atoms. The van der Waals surface area contributed by atoms with Crippen LogP contribution in [-0.2, 0) is 4.74 Å². The maximum absolute atomic E-state index is 5.52. The lowest BCUT2D eigenvalue weighted by atomic mass is 10.2. The van der Waals surface area contributed by atoms with Gasteiger partial charge in [-0.15, -0.1) is 0 Å². The van der Waals surface area contributed by atoms with Crippen molar-refractivity contribution in [3.63, 3.8) is 0 Å². The fourth-order valence-corrected chi connectivity index (χ4v) is 2.03. The van der Waals surface area contributed by atoms with Gasteiger partial charge in [0, 0.05) is 18.8 Å². The van der Waals surface area contributed by atoms with Gasteiger partial charge in [0.25, 0.3) is 0 Å². The summed E-state index contributed by atoms with van der Waals surface area (Å²) in [6.07, 6.45) is 2.60. The lowest BCUT2D eigenvalue weighted by molar-refractivity contribution is 0.114.